The van der Waals surface area contributed by atoms with E-state index in [0.29, 0.717) is 25.3 Å². The number of hydrogen-bond donors (Lipinski definition) is 1. The van der Waals surface area contributed by atoms with Crippen LogP contribution in [-0.4, -0.2) is 49.8 Å². The molecule has 2 aliphatic rings. The van der Waals surface area contributed by atoms with Crippen LogP contribution >= 0.6 is 0 Å². The molecule has 1 N–H and O–H groups in total. The number of rotatable bonds is 5. The van der Waals surface area contributed by atoms with Crippen molar-refractivity contribution in [3.63, 3.8) is 0 Å². The van der Waals surface area contributed by atoms with Crippen molar-refractivity contribution in [3.8, 4) is 0 Å². The molecular formula is C24H25FN6O2. The molecule has 1 aliphatic heterocycles. The van der Waals surface area contributed by atoms with Crippen molar-refractivity contribution in [2.45, 2.75) is 38.3 Å². The lowest BCUT2D eigenvalue weighted by atomic mass is 9.59. The predicted molar refractivity (Wildman–Crippen MR) is 118 cm³/mol. The van der Waals surface area contributed by atoms with E-state index in [0.717, 1.165) is 31.2 Å². The van der Waals surface area contributed by atoms with Crippen LogP contribution in [0.3, 0.4) is 0 Å². The van der Waals surface area contributed by atoms with E-state index >= 15 is 0 Å². The van der Waals surface area contributed by atoms with Crippen molar-refractivity contribution in [1.29, 1.82) is 0 Å². The molecule has 5 rings (SSSR count). The molecule has 1 aromatic carbocycles. The second-order valence-corrected chi connectivity index (χ2v) is 8.79. The van der Waals surface area contributed by atoms with Crippen LogP contribution in [-0.2, 0) is 6.54 Å². The minimum atomic E-state index is -0.593. The first kappa shape index (κ1) is 21.2. The van der Waals surface area contributed by atoms with Gasteiger partial charge in [-0.15, -0.1) is 5.10 Å². The molecule has 1 saturated heterocycles. The van der Waals surface area contributed by atoms with Gasteiger partial charge in [0.15, 0.2) is 17.2 Å². The number of carbonyl (C=O) groups is 2. The van der Waals surface area contributed by atoms with Gasteiger partial charge in [-0.2, -0.15) is 0 Å². The summed E-state index contributed by atoms with van der Waals surface area (Å²) in [5.74, 6) is -1.21. The Labute approximate surface area is 190 Å². The highest BCUT2D eigenvalue weighted by molar-refractivity contribution is 5.92. The number of halogens is 1. The highest BCUT2D eigenvalue weighted by Crippen LogP contribution is 2.56. The summed E-state index contributed by atoms with van der Waals surface area (Å²) in [6, 6.07) is 12.6. The van der Waals surface area contributed by atoms with Gasteiger partial charge in [0.1, 0.15) is 0 Å². The molecule has 0 radical (unpaired) electrons. The number of piperidine rings is 1. The summed E-state index contributed by atoms with van der Waals surface area (Å²) >= 11 is 0. The van der Waals surface area contributed by atoms with Gasteiger partial charge in [-0.3, -0.25) is 9.59 Å². The molecule has 33 heavy (non-hydrogen) atoms. The van der Waals surface area contributed by atoms with Gasteiger partial charge in [-0.25, -0.2) is 14.1 Å². The number of likely N-dealkylation sites (tertiary alicyclic amines) is 1. The molecule has 170 valence electrons. The number of hydrogen-bond acceptors (Lipinski definition) is 5. The van der Waals surface area contributed by atoms with Crippen molar-refractivity contribution in [1.82, 2.24) is 30.2 Å². The van der Waals surface area contributed by atoms with Crippen molar-refractivity contribution < 1.29 is 14.0 Å². The summed E-state index contributed by atoms with van der Waals surface area (Å²) in [4.78, 5) is 30.8. The third kappa shape index (κ3) is 4.10. The Hall–Kier alpha value is -3.62. The van der Waals surface area contributed by atoms with Crippen molar-refractivity contribution >= 4 is 11.8 Å². The zero-order valence-electron chi connectivity index (χ0n) is 18.2. The number of aromatic nitrogens is 4. The SMILES string of the molecule is O=C(NCc1ccccc1)c1cn(C2CCC23CCN(C(=O)c2ncccc2F)CC3)nn1. The first-order valence-corrected chi connectivity index (χ1v) is 11.2. The number of nitrogens with one attached hydrogen (secondary N) is 1. The third-order valence-electron chi connectivity index (χ3n) is 6.99. The molecular weight excluding hydrogens is 423 g/mol. The molecule has 1 aliphatic carbocycles. The van der Waals surface area contributed by atoms with E-state index in [-0.39, 0.29) is 29.0 Å². The summed E-state index contributed by atoms with van der Waals surface area (Å²) in [5, 5.41) is 11.2. The standard InChI is InChI=1S/C24H25FN6O2/c25-18-7-4-12-26-21(18)23(33)30-13-10-24(11-14-30)9-8-20(24)31-16-19(28-29-31)22(32)27-15-17-5-2-1-3-6-17/h1-7,12,16,20H,8-11,13-15H2,(H,27,32). The van der Waals surface area contributed by atoms with Gasteiger partial charge in [0, 0.05) is 25.8 Å². The fourth-order valence-corrected chi connectivity index (χ4v) is 4.93. The molecule has 3 aromatic rings. The maximum atomic E-state index is 14.0. The van der Waals surface area contributed by atoms with E-state index in [1.165, 1.54) is 18.3 Å². The van der Waals surface area contributed by atoms with Crippen molar-refractivity contribution in [2.75, 3.05) is 13.1 Å². The first-order valence-electron chi connectivity index (χ1n) is 11.2. The van der Waals surface area contributed by atoms with E-state index in [9.17, 15) is 14.0 Å². The topological polar surface area (TPSA) is 93.0 Å². The number of amides is 2. The lowest BCUT2D eigenvalue weighted by molar-refractivity contribution is -0.0270. The van der Waals surface area contributed by atoms with Crippen LogP contribution in [0.1, 0.15) is 58.3 Å². The molecule has 0 bridgehead atoms. The Morgan fingerprint density at radius 1 is 1.09 bits per heavy atom. The Bertz CT molecular complexity index is 1160. The Balaban J connectivity index is 1.20. The largest absolute Gasteiger partial charge is 0.347 e. The smallest absolute Gasteiger partial charge is 0.275 e. The number of carbonyl (C=O) groups excluding carboxylic acids is 2. The van der Waals surface area contributed by atoms with Crippen LogP contribution < -0.4 is 5.32 Å². The second-order valence-electron chi connectivity index (χ2n) is 8.79. The molecule has 2 amide bonds. The molecule has 1 spiro atoms. The van der Waals surface area contributed by atoms with Gasteiger partial charge in [-0.05, 0) is 48.8 Å². The normalized spacial score (nSPS) is 19.2. The summed E-state index contributed by atoms with van der Waals surface area (Å²) in [6.45, 7) is 1.52. The molecule has 1 unspecified atom stereocenters. The van der Waals surface area contributed by atoms with Gasteiger partial charge in [-0.1, -0.05) is 35.5 Å². The van der Waals surface area contributed by atoms with E-state index in [1.54, 1.807) is 15.8 Å². The van der Waals surface area contributed by atoms with E-state index in [2.05, 4.69) is 20.6 Å². The monoisotopic (exact) mass is 448 g/mol. The minimum Gasteiger partial charge on any atom is -0.347 e. The second kappa shape index (κ2) is 8.73. The quantitative estimate of drug-likeness (QED) is 0.648. The number of nitrogens with zero attached hydrogens (tertiary/aromatic N) is 5. The van der Waals surface area contributed by atoms with Crippen LogP contribution in [0.4, 0.5) is 4.39 Å². The lowest BCUT2D eigenvalue weighted by Gasteiger charge is -2.53. The average Bonchev–Trinajstić information content (AvgIpc) is 3.32. The van der Waals surface area contributed by atoms with Crippen LogP contribution in [0.2, 0.25) is 0 Å². The van der Waals surface area contributed by atoms with Gasteiger partial charge in [0.25, 0.3) is 11.8 Å². The van der Waals surface area contributed by atoms with Gasteiger partial charge in [0.2, 0.25) is 0 Å². The van der Waals surface area contributed by atoms with Crippen LogP contribution in [0.5, 0.6) is 0 Å². The maximum Gasteiger partial charge on any atom is 0.275 e. The Morgan fingerprint density at radius 2 is 1.88 bits per heavy atom. The summed E-state index contributed by atoms with van der Waals surface area (Å²) < 4.78 is 15.8. The van der Waals surface area contributed by atoms with Gasteiger partial charge >= 0.3 is 0 Å². The zero-order valence-corrected chi connectivity index (χ0v) is 18.2. The predicted octanol–water partition coefficient (Wildman–Crippen LogP) is 3.00. The molecule has 1 atom stereocenters. The van der Waals surface area contributed by atoms with E-state index < -0.39 is 5.82 Å². The van der Waals surface area contributed by atoms with E-state index in [1.807, 2.05) is 30.3 Å². The van der Waals surface area contributed by atoms with Crippen LogP contribution in [0.25, 0.3) is 0 Å². The minimum absolute atomic E-state index is 0.0188. The van der Waals surface area contributed by atoms with Crippen LogP contribution in [0, 0.1) is 11.2 Å². The third-order valence-corrected chi connectivity index (χ3v) is 6.99. The Kier molecular flexibility index (Phi) is 5.62. The molecule has 2 fully saturated rings. The fourth-order valence-electron chi connectivity index (χ4n) is 4.93. The molecule has 8 nitrogen and oxygen atoms in total. The Morgan fingerprint density at radius 3 is 2.58 bits per heavy atom. The van der Waals surface area contributed by atoms with E-state index in [4.69, 9.17) is 0 Å². The number of pyridine rings is 1. The molecule has 9 heteroatoms. The first-order chi connectivity index (χ1) is 16.1. The lowest BCUT2D eigenvalue weighted by Crippen LogP contribution is -2.51. The van der Waals surface area contributed by atoms with Gasteiger partial charge < -0.3 is 10.2 Å². The summed E-state index contributed by atoms with van der Waals surface area (Å²) in [5.41, 5.74) is 1.21. The average molecular weight is 449 g/mol. The zero-order chi connectivity index (χ0) is 22.8. The van der Waals surface area contributed by atoms with Crippen LogP contribution in [0.15, 0.2) is 54.9 Å². The summed E-state index contributed by atoms with van der Waals surface area (Å²) in [7, 11) is 0. The fraction of sp³-hybridized carbons (Fsp3) is 0.375. The van der Waals surface area contributed by atoms with Gasteiger partial charge in [0.05, 0.1) is 12.2 Å². The molecule has 1 saturated carbocycles. The summed E-state index contributed by atoms with van der Waals surface area (Å²) in [6.07, 6.45) is 6.74. The molecule has 2 aromatic heterocycles. The molecule has 3 heterocycles. The number of benzene rings is 1. The highest BCUT2D eigenvalue weighted by atomic mass is 19.1. The van der Waals surface area contributed by atoms with Crippen molar-refractivity contribution in [2.24, 2.45) is 5.41 Å². The van der Waals surface area contributed by atoms with Crippen molar-refractivity contribution in [3.05, 3.63) is 77.6 Å². The maximum absolute atomic E-state index is 14.0. The highest BCUT2D eigenvalue weighted by Gasteiger charge is 2.50.